The Morgan fingerprint density at radius 2 is 1.70 bits per heavy atom. The number of imide groups is 1. The number of nitrogens with two attached hydrogens (primary N) is 1. The van der Waals surface area contributed by atoms with Gasteiger partial charge in [0.05, 0.1) is 5.56 Å². The Bertz CT molecular complexity index is 750. The van der Waals surface area contributed by atoms with Gasteiger partial charge in [0, 0.05) is 0 Å². The number of carbonyl (C=O) groups is 3. The number of nitrogens with one attached hydrogen (secondary N) is 1. The Kier molecular flexibility index (Phi) is 4.95. The molecule has 2 rings (SSSR count). The summed E-state index contributed by atoms with van der Waals surface area (Å²) in [7, 11) is 0. The lowest BCUT2D eigenvalue weighted by atomic mass is 10.0. The molecule has 0 aromatic heterocycles. The van der Waals surface area contributed by atoms with Crippen LogP contribution >= 0.6 is 0 Å². The van der Waals surface area contributed by atoms with Gasteiger partial charge in [-0.2, -0.15) is 0 Å². The number of amides is 3. The third-order valence-electron chi connectivity index (χ3n) is 3.35. The van der Waals surface area contributed by atoms with E-state index >= 15 is 0 Å². The van der Waals surface area contributed by atoms with Crippen LogP contribution in [0.1, 0.15) is 24.2 Å². The van der Waals surface area contributed by atoms with Crippen LogP contribution in [0.25, 0.3) is 10.8 Å². The summed E-state index contributed by atoms with van der Waals surface area (Å²) in [5, 5.41) is 3.57. The van der Waals surface area contributed by atoms with Gasteiger partial charge in [0.15, 0.2) is 6.10 Å². The fraction of sp³-hybridized carbons (Fsp3) is 0.235. The Morgan fingerprint density at radius 3 is 2.35 bits per heavy atom. The first-order valence-corrected chi connectivity index (χ1v) is 7.19. The van der Waals surface area contributed by atoms with Crippen LogP contribution in [0.15, 0.2) is 42.5 Å². The summed E-state index contributed by atoms with van der Waals surface area (Å²) in [5.74, 6) is -1.67. The number of hydrogen-bond acceptors (Lipinski definition) is 4. The first kappa shape index (κ1) is 16.5. The molecule has 0 spiro atoms. The number of carbonyl (C=O) groups excluding carboxylic acids is 3. The van der Waals surface area contributed by atoms with Crippen molar-refractivity contribution < 1.29 is 19.1 Å². The van der Waals surface area contributed by atoms with Crippen LogP contribution in [-0.4, -0.2) is 24.0 Å². The fourth-order valence-electron chi connectivity index (χ4n) is 2.27. The number of urea groups is 1. The summed E-state index contributed by atoms with van der Waals surface area (Å²) in [4.78, 5) is 35.2. The minimum absolute atomic E-state index is 0.312. The van der Waals surface area contributed by atoms with Crippen molar-refractivity contribution in [2.45, 2.75) is 20.0 Å². The SMILES string of the molecule is CC(C)[C@H](OC(=O)c1cccc2ccccc12)C(=O)NC(N)=O. The zero-order chi connectivity index (χ0) is 17.0. The average Bonchev–Trinajstić information content (AvgIpc) is 2.50. The first-order valence-electron chi connectivity index (χ1n) is 7.19. The van der Waals surface area contributed by atoms with Gasteiger partial charge in [0.2, 0.25) is 0 Å². The van der Waals surface area contributed by atoms with Gasteiger partial charge in [-0.3, -0.25) is 10.1 Å². The van der Waals surface area contributed by atoms with E-state index in [0.717, 1.165) is 10.8 Å². The van der Waals surface area contributed by atoms with Crippen molar-refractivity contribution in [3.63, 3.8) is 0 Å². The molecular formula is C17H18N2O4. The topological polar surface area (TPSA) is 98.5 Å². The lowest BCUT2D eigenvalue weighted by Crippen LogP contribution is -2.45. The minimum Gasteiger partial charge on any atom is -0.448 e. The molecule has 120 valence electrons. The molecular weight excluding hydrogens is 296 g/mol. The van der Waals surface area contributed by atoms with Gasteiger partial charge in [-0.25, -0.2) is 9.59 Å². The maximum atomic E-state index is 12.4. The summed E-state index contributed by atoms with van der Waals surface area (Å²) >= 11 is 0. The molecule has 2 aromatic carbocycles. The monoisotopic (exact) mass is 314 g/mol. The maximum Gasteiger partial charge on any atom is 0.339 e. The summed E-state index contributed by atoms with van der Waals surface area (Å²) in [6, 6.07) is 11.6. The van der Waals surface area contributed by atoms with E-state index in [2.05, 4.69) is 0 Å². The predicted molar refractivity (Wildman–Crippen MR) is 85.7 cm³/mol. The van der Waals surface area contributed by atoms with Gasteiger partial charge >= 0.3 is 12.0 Å². The van der Waals surface area contributed by atoms with Crippen molar-refractivity contribution in [1.82, 2.24) is 5.32 Å². The zero-order valence-electron chi connectivity index (χ0n) is 12.9. The van der Waals surface area contributed by atoms with E-state index in [9.17, 15) is 14.4 Å². The van der Waals surface area contributed by atoms with Gasteiger partial charge < -0.3 is 10.5 Å². The average molecular weight is 314 g/mol. The zero-order valence-corrected chi connectivity index (χ0v) is 12.9. The van der Waals surface area contributed by atoms with Crippen LogP contribution in [0.5, 0.6) is 0 Å². The molecule has 6 nitrogen and oxygen atoms in total. The minimum atomic E-state index is -1.10. The fourth-order valence-corrected chi connectivity index (χ4v) is 2.27. The van der Waals surface area contributed by atoms with Gasteiger partial charge in [-0.15, -0.1) is 0 Å². The second-order valence-electron chi connectivity index (χ2n) is 5.45. The van der Waals surface area contributed by atoms with E-state index in [4.69, 9.17) is 10.5 Å². The largest absolute Gasteiger partial charge is 0.448 e. The number of benzene rings is 2. The maximum absolute atomic E-state index is 12.4. The molecule has 0 aliphatic rings. The first-order chi connectivity index (χ1) is 10.9. The molecule has 3 amide bonds. The molecule has 23 heavy (non-hydrogen) atoms. The van der Waals surface area contributed by atoms with E-state index in [-0.39, 0.29) is 5.92 Å². The Labute approximate surface area is 133 Å². The van der Waals surface area contributed by atoms with Crippen molar-refractivity contribution in [1.29, 1.82) is 0 Å². The number of ether oxygens (including phenoxy) is 1. The molecule has 0 saturated heterocycles. The molecule has 0 saturated carbocycles. The number of rotatable bonds is 4. The summed E-state index contributed by atoms with van der Waals surface area (Å²) in [5.41, 5.74) is 5.30. The highest BCUT2D eigenvalue weighted by Crippen LogP contribution is 2.20. The van der Waals surface area contributed by atoms with Crippen molar-refractivity contribution >= 4 is 28.7 Å². The van der Waals surface area contributed by atoms with Crippen LogP contribution in [0.3, 0.4) is 0 Å². The smallest absolute Gasteiger partial charge is 0.339 e. The normalized spacial score (nSPS) is 12.0. The molecule has 0 radical (unpaired) electrons. The van der Waals surface area contributed by atoms with Crippen LogP contribution in [0.2, 0.25) is 0 Å². The standard InChI is InChI=1S/C17H18N2O4/c1-10(2)14(15(20)19-17(18)22)23-16(21)13-9-5-7-11-6-3-4-8-12(11)13/h3-10,14H,1-2H3,(H3,18,19,20,22)/t14-/m0/s1. The van der Waals surface area contributed by atoms with Crippen molar-refractivity contribution in [3.8, 4) is 0 Å². The third kappa shape index (κ3) is 3.85. The van der Waals surface area contributed by atoms with Crippen molar-refractivity contribution in [2.75, 3.05) is 0 Å². The second kappa shape index (κ2) is 6.91. The highest BCUT2D eigenvalue weighted by molar-refractivity contribution is 6.05. The number of hydrogen-bond donors (Lipinski definition) is 2. The molecule has 1 atom stereocenters. The second-order valence-corrected chi connectivity index (χ2v) is 5.45. The molecule has 0 aliphatic heterocycles. The van der Waals surface area contributed by atoms with Crippen molar-refractivity contribution in [3.05, 3.63) is 48.0 Å². The molecule has 0 heterocycles. The summed E-state index contributed by atoms with van der Waals surface area (Å²) < 4.78 is 5.31. The van der Waals surface area contributed by atoms with Crippen LogP contribution < -0.4 is 11.1 Å². The van der Waals surface area contributed by atoms with E-state index in [0.29, 0.717) is 5.56 Å². The molecule has 0 unspecified atom stereocenters. The Morgan fingerprint density at radius 1 is 1.04 bits per heavy atom. The van der Waals surface area contributed by atoms with Crippen LogP contribution in [0.4, 0.5) is 4.79 Å². The quantitative estimate of drug-likeness (QED) is 0.845. The van der Waals surface area contributed by atoms with E-state index in [1.165, 1.54) is 0 Å². The summed E-state index contributed by atoms with van der Waals surface area (Å²) in [6.45, 7) is 3.42. The molecule has 0 aliphatic carbocycles. The lowest BCUT2D eigenvalue weighted by Gasteiger charge is -2.20. The molecule has 3 N–H and O–H groups in total. The van der Waals surface area contributed by atoms with Gasteiger partial charge in [-0.1, -0.05) is 50.2 Å². The molecule has 0 bridgehead atoms. The van der Waals surface area contributed by atoms with Gasteiger partial charge in [-0.05, 0) is 22.8 Å². The lowest BCUT2D eigenvalue weighted by molar-refractivity contribution is -0.130. The Hall–Kier alpha value is -2.89. The highest BCUT2D eigenvalue weighted by Gasteiger charge is 2.28. The number of primary amides is 1. The predicted octanol–water partition coefficient (Wildman–Crippen LogP) is 2.22. The molecule has 6 heteroatoms. The number of fused-ring (bicyclic) bond motifs is 1. The highest BCUT2D eigenvalue weighted by atomic mass is 16.5. The third-order valence-corrected chi connectivity index (χ3v) is 3.35. The Balaban J connectivity index is 2.27. The van der Waals surface area contributed by atoms with E-state index in [1.807, 2.05) is 29.6 Å². The number of esters is 1. The van der Waals surface area contributed by atoms with Crippen molar-refractivity contribution in [2.24, 2.45) is 11.7 Å². The molecule has 2 aromatic rings. The molecule has 0 fully saturated rings. The summed E-state index contributed by atoms with van der Waals surface area (Å²) in [6.07, 6.45) is -1.10. The van der Waals surface area contributed by atoms with Crippen LogP contribution in [0, 0.1) is 5.92 Å². The van der Waals surface area contributed by atoms with Gasteiger partial charge in [0.25, 0.3) is 5.91 Å². The van der Waals surface area contributed by atoms with E-state index < -0.39 is 24.0 Å². The van der Waals surface area contributed by atoms with Gasteiger partial charge in [0.1, 0.15) is 0 Å². The van der Waals surface area contributed by atoms with E-state index in [1.54, 1.807) is 32.0 Å². The van der Waals surface area contributed by atoms with Crippen LogP contribution in [-0.2, 0) is 9.53 Å².